The highest BCUT2D eigenvalue weighted by Gasteiger charge is 2.49. The molecule has 7 aromatic carbocycles. The molecule has 0 N–H and O–H groups in total. The molecule has 8 rings (SSSR count). The Kier molecular flexibility index (Phi) is 8.52. The van der Waals surface area contributed by atoms with E-state index in [4.69, 9.17) is 0 Å². The van der Waals surface area contributed by atoms with Crippen molar-refractivity contribution in [1.82, 2.24) is 0 Å². The van der Waals surface area contributed by atoms with E-state index in [1.807, 2.05) is 0 Å². The SMILES string of the molecule is c1ccc(CC2CCC2(c2ccc(N(c3ccccc3)c3ccccc3)cc2)c2ccc(N(c3ccccc3)c3ccccc3)cc2)cc1. The molecule has 0 radical (unpaired) electrons. The summed E-state index contributed by atoms with van der Waals surface area (Å²) in [7, 11) is 0. The van der Waals surface area contributed by atoms with Crippen LogP contribution in [0.5, 0.6) is 0 Å². The zero-order valence-corrected chi connectivity index (χ0v) is 27.6. The van der Waals surface area contributed by atoms with Crippen molar-refractivity contribution in [1.29, 1.82) is 0 Å². The highest BCUT2D eigenvalue weighted by Crippen LogP contribution is 2.55. The summed E-state index contributed by atoms with van der Waals surface area (Å²) >= 11 is 0. The van der Waals surface area contributed by atoms with Gasteiger partial charge in [0.15, 0.2) is 0 Å². The standard InChI is InChI=1S/C47H40N2/c1-6-16-37(17-7-1)36-40-34-35-47(40,38-26-30-45(31-27-38)48(41-18-8-2-9-19-41)42-20-10-3-11-21-42)39-28-32-46(33-29-39)49(43-22-12-4-13-23-43)44-24-14-5-15-25-44/h1-33,40H,34-36H2. The van der Waals surface area contributed by atoms with E-state index in [1.165, 1.54) is 23.1 Å². The lowest BCUT2D eigenvalue weighted by Crippen LogP contribution is -2.46. The zero-order chi connectivity index (χ0) is 32.9. The fraction of sp³-hybridized carbons (Fsp3) is 0.106. The Balaban J connectivity index is 1.19. The normalized spacial score (nSPS) is 14.8. The molecule has 0 spiro atoms. The lowest BCUT2D eigenvalue weighted by molar-refractivity contribution is 0.163. The Morgan fingerprint density at radius 3 is 0.980 bits per heavy atom. The molecule has 2 nitrogen and oxygen atoms in total. The molecular formula is C47H40N2. The van der Waals surface area contributed by atoms with Crippen molar-refractivity contribution in [2.75, 3.05) is 9.80 Å². The third kappa shape index (κ3) is 6.03. The van der Waals surface area contributed by atoms with E-state index in [9.17, 15) is 0 Å². The molecule has 0 amide bonds. The molecule has 1 unspecified atom stereocenters. The zero-order valence-electron chi connectivity index (χ0n) is 27.6. The van der Waals surface area contributed by atoms with Crippen LogP contribution in [0.1, 0.15) is 29.5 Å². The predicted octanol–water partition coefficient (Wildman–Crippen LogP) is 12.6. The van der Waals surface area contributed by atoms with Crippen molar-refractivity contribution in [2.24, 2.45) is 5.92 Å². The largest absolute Gasteiger partial charge is 0.311 e. The summed E-state index contributed by atoms with van der Waals surface area (Å²) in [6.07, 6.45) is 3.40. The molecule has 1 atom stereocenters. The van der Waals surface area contributed by atoms with Crippen LogP contribution in [0.4, 0.5) is 34.1 Å². The molecule has 0 aliphatic heterocycles. The van der Waals surface area contributed by atoms with E-state index in [0.29, 0.717) is 5.92 Å². The van der Waals surface area contributed by atoms with Crippen LogP contribution >= 0.6 is 0 Å². The van der Waals surface area contributed by atoms with Crippen molar-refractivity contribution in [3.63, 3.8) is 0 Å². The van der Waals surface area contributed by atoms with Gasteiger partial charge in [-0.05, 0) is 115 Å². The first-order chi connectivity index (χ1) is 24.3. The van der Waals surface area contributed by atoms with Crippen molar-refractivity contribution in [3.8, 4) is 0 Å². The van der Waals surface area contributed by atoms with E-state index in [1.54, 1.807) is 0 Å². The third-order valence-corrected chi connectivity index (χ3v) is 10.2. The number of para-hydroxylation sites is 4. The first-order valence-electron chi connectivity index (χ1n) is 17.4. The van der Waals surface area contributed by atoms with Gasteiger partial charge in [0, 0.05) is 39.5 Å². The molecule has 1 aliphatic rings. The third-order valence-electron chi connectivity index (χ3n) is 10.2. The van der Waals surface area contributed by atoms with E-state index in [-0.39, 0.29) is 5.41 Å². The van der Waals surface area contributed by atoms with E-state index >= 15 is 0 Å². The second-order valence-corrected chi connectivity index (χ2v) is 13.0. The fourth-order valence-corrected chi connectivity index (χ4v) is 7.76. The molecule has 1 fully saturated rings. The number of hydrogen-bond donors (Lipinski definition) is 0. The molecule has 49 heavy (non-hydrogen) atoms. The van der Waals surface area contributed by atoms with Crippen molar-refractivity contribution < 1.29 is 0 Å². The molecular weight excluding hydrogens is 593 g/mol. The van der Waals surface area contributed by atoms with Crippen LogP contribution in [0.25, 0.3) is 0 Å². The van der Waals surface area contributed by atoms with Gasteiger partial charge in [0.25, 0.3) is 0 Å². The van der Waals surface area contributed by atoms with Gasteiger partial charge in [-0.3, -0.25) is 0 Å². The maximum atomic E-state index is 2.39. The van der Waals surface area contributed by atoms with E-state index in [0.717, 1.165) is 47.0 Å². The average molecular weight is 633 g/mol. The maximum Gasteiger partial charge on any atom is 0.0461 e. The van der Waals surface area contributed by atoms with Crippen LogP contribution in [0.2, 0.25) is 0 Å². The minimum Gasteiger partial charge on any atom is -0.311 e. The number of benzene rings is 7. The lowest BCUT2D eigenvalue weighted by Gasteiger charge is -2.51. The number of rotatable bonds is 10. The molecule has 238 valence electrons. The Morgan fingerprint density at radius 2 is 0.673 bits per heavy atom. The maximum absolute atomic E-state index is 2.39. The minimum atomic E-state index is -0.0679. The van der Waals surface area contributed by atoms with Crippen molar-refractivity contribution in [3.05, 3.63) is 217 Å². The fourth-order valence-electron chi connectivity index (χ4n) is 7.76. The number of hydrogen-bond acceptors (Lipinski definition) is 2. The molecule has 0 heterocycles. The monoisotopic (exact) mass is 632 g/mol. The van der Waals surface area contributed by atoms with Crippen LogP contribution in [0, 0.1) is 5.92 Å². The van der Waals surface area contributed by atoms with Gasteiger partial charge in [-0.2, -0.15) is 0 Å². The Hall–Kier alpha value is -5.86. The number of nitrogens with zero attached hydrogens (tertiary/aromatic N) is 2. The molecule has 1 saturated carbocycles. The molecule has 0 bridgehead atoms. The Labute approximate surface area is 290 Å². The van der Waals surface area contributed by atoms with Gasteiger partial charge >= 0.3 is 0 Å². The van der Waals surface area contributed by atoms with Crippen molar-refractivity contribution in [2.45, 2.75) is 24.7 Å². The Bertz CT molecular complexity index is 1850. The second kappa shape index (κ2) is 13.7. The first-order valence-corrected chi connectivity index (χ1v) is 17.4. The minimum absolute atomic E-state index is 0.0679. The summed E-state index contributed by atoms with van der Waals surface area (Å²) in [4.78, 5) is 4.68. The summed E-state index contributed by atoms with van der Waals surface area (Å²) < 4.78 is 0. The van der Waals surface area contributed by atoms with Gasteiger partial charge in [-0.1, -0.05) is 127 Å². The molecule has 1 aliphatic carbocycles. The van der Waals surface area contributed by atoms with Crippen LogP contribution in [0.3, 0.4) is 0 Å². The average Bonchev–Trinajstić information content (AvgIpc) is 3.17. The summed E-state index contributed by atoms with van der Waals surface area (Å²) in [5.41, 5.74) is 11.0. The van der Waals surface area contributed by atoms with Gasteiger partial charge < -0.3 is 9.80 Å². The number of anilines is 6. The molecule has 0 aromatic heterocycles. The summed E-state index contributed by atoms with van der Waals surface area (Å²) in [5, 5.41) is 0. The Morgan fingerprint density at radius 1 is 0.367 bits per heavy atom. The van der Waals surface area contributed by atoms with Crippen molar-refractivity contribution >= 4 is 34.1 Å². The van der Waals surface area contributed by atoms with Crippen LogP contribution in [-0.4, -0.2) is 0 Å². The van der Waals surface area contributed by atoms with Crippen LogP contribution < -0.4 is 9.80 Å². The molecule has 7 aromatic rings. The van der Waals surface area contributed by atoms with Gasteiger partial charge in [0.1, 0.15) is 0 Å². The van der Waals surface area contributed by atoms with Gasteiger partial charge in [-0.15, -0.1) is 0 Å². The predicted molar refractivity (Wildman–Crippen MR) is 206 cm³/mol. The highest BCUT2D eigenvalue weighted by molar-refractivity contribution is 5.78. The summed E-state index contributed by atoms with van der Waals surface area (Å²) in [6.45, 7) is 0. The molecule has 2 heteroatoms. The van der Waals surface area contributed by atoms with Crippen LogP contribution in [0.15, 0.2) is 200 Å². The van der Waals surface area contributed by atoms with Gasteiger partial charge in [0.05, 0.1) is 0 Å². The van der Waals surface area contributed by atoms with E-state index < -0.39 is 0 Å². The highest BCUT2D eigenvalue weighted by atomic mass is 15.1. The molecule has 0 saturated heterocycles. The summed E-state index contributed by atoms with van der Waals surface area (Å²) in [5.74, 6) is 0.505. The van der Waals surface area contributed by atoms with Gasteiger partial charge in [0.2, 0.25) is 0 Å². The van der Waals surface area contributed by atoms with E-state index in [2.05, 4.69) is 210 Å². The smallest absolute Gasteiger partial charge is 0.0461 e. The topological polar surface area (TPSA) is 6.48 Å². The second-order valence-electron chi connectivity index (χ2n) is 13.0. The summed E-state index contributed by atoms with van der Waals surface area (Å²) in [6, 6.07) is 72.5. The van der Waals surface area contributed by atoms with Gasteiger partial charge in [-0.25, -0.2) is 0 Å². The lowest BCUT2D eigenvalue weighted by atomic mass is 9.52. The first kappa shape index (κ1) is 30.5. The quantitative estimate of drug-likeness (QED) is 0.148. The van der Waals surface area contributed by atoms with Crippen LogP contribution in [-0.2, 0) is 11.8 Å².